The summed E-state index contributed by atoms with van der Waals surface area (Å²) in [6.07, 6.45) is 0. The standard InChI is InChI=1S/C15H16N2O6/c1-9-6-14(23-17-9)16-13(18)8-22-15(19)11-7-10(20-2)4-5-12(11)21-3/h4-7H,8H2,1-3H3,(H,16,18). The SMILES string of the molecule is COc1ccc(OC)c(C(=O)OCC(=O)Nc2cc(C)no2)c1. The lowest BCUT2D eigenvalue weighted by molar-refractivity contribution is -0.119. The summed E-state index contributed by atoms with van der Waals surface area (Å²) in [5, 5.41) is 6.05. The Morgan fingerprint density at radius 2 is 2.00 bits per heavy atom. The smallest absolute Gasteiger partial charge is 0.342 e. The van der Waals surface area contributed by atoms with E-state index < -0.39 is 18.5 Å². The van der Waals surface area contributed by atoms with Crippen molar-refractivity contribution in [2.24, 2.45) is 0 Å². The van der Waals surface area contributed by atoms with Gasteiger partial charge in [0.1, 0.15) is 17.1 Å². The van der Waals surface area contributed by atoms with Crippen LogP contribution in [0.3, 0.4) is 0 Å². The van der Waals surface area contributed by atoms with Gasteiger partial charge in [-0.1, -0.05) is 5.16 Å². The Bertz CT molecular complexity index is 710. The van der Waals surface area contributed by atoms with E-state index in [9.17, 15) is 9.59 Å². The molecule has 1 heterocycles. The largest absolute Gasteiger partial charge is 0.497 e. The van der Waals surface area contributed by atoms with Crippen molar-refractivity contribution in [1.29, 1.82) is 0 Å². The van der Waals surface area contributed by atoms with Crippen molar-refractivity contribution < 1.29 is 28.3 Å². The highest BCUT2D eigenvalue weighted by Crippen LogP contribution is 2.24. The number of carbonyl (C=O) groups is 2. The molecule has 2 rings (SSSR count). The number of carbonyl (C=O) groups excluding carboxylic acids is 2. The number of nitrogens with one attached hydrogen (secondary N) is 1. The number of ether oxygens (including phenoxy) is 3. The van der Waals surface area contributed by atoms with Crippen LogP contribution in [0.25, 0.3) is 0 Å². The molecule has 1 aromatic heterocycles. The number of amides is 1. The molecular weight excluding hydrogens is 304 g/mol. The molecule has 0 spiro atoms. The van der Waals surface area contributed by atoms with Crippen LogP contribution in [0.2, 0.25) is 0 Å². The van der Waals surface area contributed by atoms with Crippen molar-refractivity contribution in [3.05, 3.63) is 35.5 Å². The van der Waals surface area contributed by atoms with Gasteiger partial charge in [0, 0.05) is 6.07 Å². The van der Waals surface area contributed by atoms with E-state index in [1.165, 1.54) is 20.3 Å². The zero-order valence-corrected chi connectivity index (χ0v) is 12.9. The van der Waals surface area contributed by atoms with Crippen LogP contribution in [-0.2, 0) is 9.53 Å². The van der Waals surface area contributed by atoms with Crippen molar-refractivity contribution in [2.75, 3.05) is 26.1 Å². The second kappa shape index (κ2) is 7.30. The summed E-state index contributed by atoms with van der Waals surface area (Å²) in [4.78, 5) is 23.8. The summed E-state index contributed by atoms with van der Waals surface area (Å²) in [5.74, 6) is -0.273. The molecule has 8 heteroatoms. The Morgan fingerprint density at radius 1 is 1.22 bits per heavy atom. The Balaban J connectivity index is 1.97. The highest BCUT2D eigenvalue weighted by atomic mass is 16.5. The van der Waals surface area contributed by atoms with Gasteiger partial charge in [0.15, 0.2) is 6.61 Å². The minimum Gasteiger partial charge on any atom is -0.497 e. The number of nitrogens with zero attached hydrogens (tertiary/aromatic N) is 1. The Morgan fingerprint density at radius 3 is 2.61 bits per heavy atom. The molecule has 0 fully saturated rings. The lowest BCUT2D eigenvalue weighted by atomic mass is 10.2. The van der Waals surface area contributed by atoms with E-state index in [1.807, 2.05) is 0 Å². The third kappa shape index (κ3) is 4.22. The van der Waals surface area contributed by atoms with Gasteiger partial charge >= 0.3 is 5.97 Å². The lowest BCUT2D eigenvalue weighted by Crippen LogP contribution is -2.21. The molecular formula is C15H16N2O6. The van der Waals surface area contributed by atoms with Crippen LogP contribution in [0.15, 0.2) is 28.8 Å². The quantitative estimate of drug-likeness (QED) is 0.810. The zero-order chi connectivity index (χ0) is 16.8. The highest BCUT2D eigenvalue weighted by Gasteiger charge is 2.17. The van der Waals surface area contributed by atoms with E-state index in [2.05, 4.69) is 10.5 Å². The fourth-order valence-corrected chi connectivity index (χ4v) is 1.78. The minimum atomic E-state index is -0.704. The topological polar surface area (TPSA) is 99.9 Å². The molecule has 1 aromatic carbocycles. The predicted octanol–water partition coefficient (Wildman–Crippen LogP) is 1.80. The molecule has 2 aromatic rings. The molecule has 23 heavy (non-hydrogen) atoms. The summed E-state index contributed by atoms with van der Waals surface area (Å²) in [5.41, 5.74) is 0.786. The Hall–Kier alpha value is -3.03. The highest BCUT2D eigenvalue weighted by molar-refractivity contribution is 5.96. The monoisotopic (exact) mass is 320 g/mol. The van der Waals surface area contributed by atoms with E-state index >= 15 is 0 Å². The van der Waals surface area contributed by atoms with Crippen molar-refractivity contribution in [1.82, 2.24) is 5.16 Å². The van der Waals surface area contributed by atoms with E-state index in [0.717, 1.165) is 0 Å². The van der Waals surface area contributed by atoms with Gasteiger partial charge in [-0.25, -0.2) is 4.79 Å². The summed E-state index contributed by atoms with van der Waals surface area (Å²) in [6.45, 7) is 1.24. The lowest BCUT2D eigenvalue weighted by Gasteiger charge is -2.10. The maximum absolute atomic E-state index is 12.1. The normalized spacial score (nSPS) is 10.0. The molecule has 0 atom stereocenters. The fourth-order valence-electron chi connectivity index (χ4n) is 1.78. The molecule has 0 saturated carbocycles. The van der Waals surface area contributed by atoms with Crippen LogP contribution >= 0.6 is 0 Å². The van der Waals surface area contributed by atoms with Gasteiger partial charge in [0.2, 0.25) is 5.88 Å². The molecule has 1 amide bonds. The first-order valence-corrected chi connectivity index (χ1v) is 6.66. The number of anilines is 1. The summed E-state index contributed by atoms with van der Waals surface area (Å²) in [6, 6.07) is 6.24. The molecule has 8 nitrogen and oxygen atoms in total. The maximum atomic E-state index is 12.1. The summed E-state index contributed by atoms with van der Waals surface area (Å²) >= 11 is 0. The van der Waals surface area contributed by atoms with Gasteiger partial charge in [-0.05, 0) is 25.1 Å². The number of hydrogen-bond donors (Lipinski definition) is 1. The predicted molar refractivity (Wildman–Crippen MR) is 79.7 cm³/mol. The van der Waals surface area contributed by atoms with E-state index in [4.69, 9.17) is 18.7 Å². The number of hydrogen-bond acceptors (Lipinski definition) is 7. The van der Waals surface area contributed by atoms with E-state index in [0.29, 0.717) is 17.2 Å². The number of aromatic nitrogens is 1. The molecule has 122 valence electrons. The van der Waals surface area contributed by atoms with Crippen molar-refractivity contribution >= 4 is 17.8 Å². The van der Waals surface area contributed by atoms with Crippen LogP contribution in [0.1, 0.15) is 16.1 Å². The first-order chi connectivity index (χ1) is 11.0. The van der Waals surface area contributed by atoms with Crippen LogP contribution in [0.5, 0.6) is 11.5 Å². The number of methoxy groups -OCH3 is 2. The maximum Gasteiger partial charge on any atom is 0.342 e. The molecule has 0 aliphatic carbocycles. The van der Waals surface area contributed by atoms with Crippen molar-refractivity contribution in [3.8, 4) is 11.5 Å². The third-order valence-corrected chi connectivity index (χ3v) is 2.85. The fraction of sp³-hybridized carbons (Fsp3) is 0.267. The number of esters is 1. The van der Waals surface area contributed by atoms with Gasteiger partial charge in [-0.2, -0.15) is 0 Å². The van der Waals surface area contributed by atoms with Crippen molar-refractivity contribution in [2.45, 2.75) is 6.92 Å². The van der Waals surface area contributed by atoms with E-state index in [1.54, 1.807) is 25.1 Å². The van der Waals surface area contributed by atoms with Crippen molar-refractivity contribution in [3.63, 3.8) is 0 Å². The Kier molecular flexibility index (Phi) is 5.19. The average Bonchev–Trinajstić information content (AvgIpc) is 2.96. The summed E-state index contributed by atoms with van der Waals surface area (Å²) in [7, 11) is 2.90. The number of aryl methyl sites for hydroxylation is 1. The second-order valence-electron chi connectivity index (χ2n) is 4.52. The molecule has 0 unspecified atom stereocenters. The molecule has 0 aliphatic heterocycles. The van der Waals surface area contributed by atoms with Gasteiger partial charge < -0.3 is 18.7 Å². The second-order valence-corrected chi connectivity index (χ2v) is 4.52. The molecule has 0 saturated heterocycles. The zero-order valence-electron chi connectivity index (χ0n) is 12.9. The Labute approximate surface area is 132 Å². The van der Waals surface area contributed by atoms with Crippen LogP contribution in [0, 0.1) is 6.92 Å². The first-order valence-electron chi connectivity index (χ1n) is 6.66. The van der Waals surface area contributed by atoms with Gasteiger partial charge in [0.25, 0.3) is 5.91 Å². The van der Waals surface area contributed by atoms with Crippen LogP contribution < -0.4 is 14.8 Å². The first kappa shape index (κ1) is 16.3. The number of rotatable bonds is 6. The minimum absolute atomic E-state index is 0.162. The average molecular weight is 320 g/mol. The van der Waals surface area contributed by atoms with Gasteiger partial charge in [0.05, 0.1) is 19.9 Å². The summed E-state index contributed by atoms with van der Waals surface area (Å²) < 4.78 is 19.9. The van der Waals surface area contributed by atoms with Gasteiger partial charge in [-0.15, -0.1) is 0 Å². The van der Waals surface area contributed by atoms with E-state index in [-0.39, 0.29) is 11.4 Å². The molecule has 0 bridgehead atoms. The third-order valence-electron chi connectivity index (χ3n) is 2.85. The van der Waals surface area contributed by atoms with Gasteiger partial charge in [-0.3, -0.25) is 10.1 Å². The van der Waals surface area contributed by atoms with Crippen LogP contribution in [-0.4, -0.2) is 37.9 Å². The molecule has 0 radical (unpaired) electrons. The number of benzene rings is 1. The molecule has 0 aliphatic rings. The van der Waals surface area contributed by atoms with Crippen LogP contribution in [0.4, 0.5) is 5.88 Å². The molecule has 1 N–H and O–H groups in total.